The van der Waals surface area contributed by atoms with Crippen LogP contribution in [0.2, 0.25) is 0 Å². The highest BCUT2D eigenvalue weighted by atomic mass is 32.2. The summed E-state index contributed by atoms with van der Waals surface area (Å²) in [5, 5.41) is 12.6. The number of carbonyl (C=O) groups is 1. The Balaban J connectivity index is 2.52. The molecule has 0 radical (unpaired) electrons. The van der Waals surface area contributed by atoms with E-state index in [-0.39, 0.29) is 24.2 Å². The maximum atomic E-state index is 12.3. The molecule has 0 heterocycles. The molecule has 28 heavy (non-hydrogen) atoms. The number of carbonyl (C=O) groups excluding carboxylic acids is 1. The number of rotatable bonds is 11. The molecule has 160 valence electrons. The van der Waals surface area contributed by atoms with Crippen LogP contribution in [0.15, 0.2) is 29.2 Å². The molecule has 0 aromatic heterocycles. The Kier molecular flexibility index (Phi) is 9.83. The molecular formula is C18H31N3O6S. The van der Waals surface area contributed by atoms with Gasteiger partial charge in [0.15, 0.2) is 0 Å². The first-order chi connectivity index (χ1) is 13.0. The Hall–Kier alpha value is -1.72. The summed E-state index contributed by atoms with van der Waals surface area (Å²) in [7, 11) is 0.810. The highest BCUT2D eigenvalue weighted by Gasteiger charge is 2.19. The number of aliphatic hydroxyl groups is 1. The molecule has 0 bridgehead atoms. The maximum absolute atomic E-state index is 12.3. The molecular weight excluding hydrogens is 386 g/mol. The zero-order valence-corrected chi connectivity index (χ0v) is 17.9. The lowest BCUT2D eigenvalue weighted by molar-refractivity contribution is -0.0144. The summed E-state index contributed by atoms with van der Waals surface area (Å²) in [6.07, 6.45) is -0.732. The molecule has 9 nitrogen and oxygen atoms in total. The molecule has 0 spiro atoms. The molecule has 0 fully saturated rings. The van der Waals surface area contributed by atoms with Crippen LogP contribution in [0, 0.1) is 0 Å². The van der Waals surface area contributed by atoms with E-state index in [2.05, 4.69) is 5.32 Å². The van der Waals surface area contributed by atoms with Crippen LogP contribution < -0.4 is 5.32 Å². The largest absolute Gasteiger partial charge is 0.389 e. The molecule has 10 heteroatoms. The zero-order valence-electron chi connectivity index (χ0n) is 17.1. The summed E-state index contributed by atoms with van der Waals surface area (Å²) < 4.78 is 36.1. The molecule has 0 saturated carbocycles. The molecule has 0 aliphatic rings. The fraction of sp³-hybridized carbons (Fsp3) is 0.611. The Morgan fingerprint density at radius 2 is 1.89 bits per heavy atom. The van der Waals surface area contributed by atoms with Gasteiger partial charge in [0.05, 0.1) is 43.5 Å². The van der Waals surface area contributed by atoms with E-state index in [9.17, 15) is 18.3 Å². The zero-order chi connectivity index (χ0) is 21.3. The number of aliphatic hydroxyl groups excluding tert-OH is 1. The van der Waals surface area contributed by atoms with Gasteiger partial charge in [-0.25, -0.2) is 17.5 Å². The van der Waals surface area contributed by atoms with Crippen LogP contribution in [-0.4, -0.2) is 88.5 Å². The summed E-state index contributed by atoms with van der Waals surface area (Å²) in [6.45, 7) is 4.79. The number of amides is 2. The van der Waals surface area contributed by atoms with E-state index < -0.39 is 22.2 Å². The number of urea groups is 1. The standard InChI is InChI=1S/C18H31N3O6S/c1-14(2)27-10-9-26-13-16(22)12-21(5)18(23)19-15-7-6-8-17(11-15)28(24,25)20(3)4/h6-8,11,14,16,22H,9-10,12-13H2,1-5H3,(H,19,23). The van der Waals surface area contributed by atoms with Crippen LogP contribution in [0.1, 0.15) is 13.8 Å². The first-order valence-electron chi connectivity index (χ1n) is 8.96. The van der Waals surface area contributed by atoms with Gasteiger partial charge in [-0.15, -0.1) is 0 Å². The first-order valence-corrected chi connectivity index (χ1v) is 10.4. The summed E-state index contributed by atoms with van der Waals surface area (Å²) in [5.41, 5.74) is 0.344. The molecule has 1 rings (SSSR count). The van der Waals surface area contributed by atoms with Gasteiger partial charge in [-0.1, -0.05) is 6.07 Å². The van der Waals surface area contributed by atoms with Gasteiger partial charge >= 0.3 is 6.03 Å². The number of nitrogens with one attached hydrogen (secondary N) is 1. The van der Waals surface area contributed by atoms with Gasteiger partial charge in [-0.05, 0) is 32.0 Å². The van der Waals surface area contributed by atoms with Gasteiger partial charge in [0.2, 0.25) is 10.0 Å². The molecule has 2 amide bonds. The van der Waals surface area contributed by atoms with E-state index in [1.807, 2.05) is 13.8 Å². The highest BCUT2D eigenvalue weighted by Crippen LogP contribution is 2.18. The van der Waals surface area contributed by atoms with E-state index in [0.717, 1.165) is 4.31 Å². The van der Waals surface area contributed by atoms with Crippen LogP contribution in [0.4, 0.5) is 10.5 Å². The van der Waals surface area contributed by atoms with Gasteiger partial charge in [0.1, 0.15) is 0 Å². The Morgan fingerprint density at radius 1 is 1.21 bits per heavy atom. The number of benzene rings is 1. The number of likely N-dealkylation sites (N-methyl/N-ethyl adjacent to an activating group) is 1. The van der Waals surface area contributed by atoms with Crippen LogP contribution in [0.5, 0.6) is 0 Å². The lowest BCUT2D eigenvalue weighted by Crippen LogP contribution is -2.39. The predicted molar refractivity (Wildman–Crippen MR) is 107 cm³/mol. The second-order valence-electron chi connectivity index (χ2n) is 6.77. The number of sulfonamides is 1. The first kappa shape index (κ1) is 24.3. The van der Waals surface area contributed by atoms with Crippen molar-refractivity contribution in [3.8, 4) is 0 Å². The van der Waals surface area contributed by atoms with E-state index in [1.165, 1.54) is 38.2 Å². The minimum absolute atomic E-state index is 0.0621. The Labute approximate surface area is 167 Å². The third kappa shape index (κ3) is 8.11. The SMILES string of the molecule is CC(C)OCCOCC(O)CN(C)C(=O)Nc1cccc(S(=O)(=O)N(C)C)c1. The molecule has 0 aliphatic carbocycles. The van der Waals surface area contributed by atoms with Crippen molar-refractivity contribution in [2.24, 2.45) is 0 Å². The van der Waals surface area contributed by atoms with Gasteiger partial charge in [0, 0.05) is 26.8 Å². The molecule has 1 atom stereocenters. The van der Waals surface area contributed by atoms with E-state index >= 15 is 0 Å². The van der Waals surface area contributed by atoms with Crippen molar-refractivity contribution < 1.29 is 27.8 Å². The quantitative estimate of drug-likeness (QED) is 0.524. The number of hydrogen-bond acceptors (Lipinski definition) is 6. The van der Waals surface area contributed by atoms with Gasteiger partial charge in [0.25, 0.3) is 0 Å². The second kappa shape index (κ2) is 11.3. The summed E-state index contributed by atoms with van der Waals surface area (Å²) in [5.74, 6) is 0. The number of anilines is 1. The minimum Gasteiger partial charge on any atom is -0.389 e. The van der Waals surface area contributed by atoms with Crippen LogP contribution in [0.25, 0.3) is 0 Å². The number of ether oxygens (including phenoxy) is 2. The van der Waals surface area contributed by atoms with Crippen molar-refractivity contribution in [3.05, 3.63) is 24.3 Å². The molecule has 0 aliphatic heterocycles. The van der Waals surface area contributed by atoms with Gasteiger partial charge < -0.3 is 24.8 Å². The van der Waals surface area contributed by atoms with Crippen molar-refractivity contribution in [1.82, 2.24) is 9.21 Å². The molecule has 1 aromatic rings. The Morgan fingerprint density at radius 3 is 2.50 bits per heavy atom. The molecule has 1 unspecified atom stereocenters. The molecule has 1 aromatic carbocycles. The topological polar surface area (TPSA) is 108 Å². The van der Waals surface area contributed by atoms with Crippen molar-refractivity contribution in [1.29, 1.82) is 0 Å². The smallest absolute Gasteiger partial charge is 0.321 e. The van der Waals surface area contributed by atoms with E-state index in [1.54, 1.807) is 12.1 Å². The van der Waals surface area contributed by atoms with E-state index in [0.29, 0.717) is 18.9 Å². The fourth-order valence-electron chi connectivity index (χ4n) is 2.18. The monoisotopic (exact) mass is 417 g/mol. The fourth-order valence-corrected chi connectivity index (χ4v) is 3.13. The van der Waals surface area contributed by atoms with Gasteiger partial charge in [-0.3, -0.25) is 0 Å². The third-order valence-electron chi connectivity index (χ3n) is 3.68. The highest BCUT2D eigenvalue weighted by molar-refractivity contribution is 7.89. The lowest BCUT2D eigenvalue weighted by Gasteiger charge is -2.21. The molecule has 2 N–H and O–H groups in total. The van der Waals surface area contributed by atoms with Crippen molar-refractivity contribution in [2.75, 3.05) is 52.8 Å². The average molecular weight is 418 g/mol. The normalized spacial score (nSPS) is 13.0. The maximum Gasteiger partial charge on any atom is 0.321 e. The Bertz CT molecular complexity index is 724. The minimum atomic E-state index is -3.59. The number of nitrogens with zero attached hydrogens (tertiary/aromatic N) is 2. The predicted octanol–water partition coefficient (Wildman–Crippen LogP) is 1.20. The number of hydrogen-bond donors (Lipinski definition) is 2. The third-order valence-corrected chi connectivity index (χ3v) is 5.50. The van der Waals surface area contributed by atoms with Crippen LogP contribution in [0.3, 0.4) is 0 Å². The summed E-state index contributed by atoms with van der Waals surface area (Å²) in [4.78, 5) is 13.7. The molecule has 0 saturated heterocycles. The van der Waals surface area contributed by atoms with Crippen molar-refractivity contribution >= 4 is 21.7 Å². The van der Waals surface area contributed by atoms with Crippen molar-refractivity contribution in [3.63, 3.8) is 0 Å². The van der Waals surface area contributed by atoms with Crippen LogP contribution in [-0.2, 0) is 19.5 Å². The van der Waals surface area contributed by atoms with E-state index in [4.69, 9.17) is 9.47 Å². The van der Waals surface area contributed by atoms with Gasteiger partial charge in [-0.2, -0.15) is 0 Å². The second-order valence-corrected chi connectivity index (χ2v) is 8.93. The van der Waals surface area contributed by atoms with Crippen molar-refractivity contribution in [2.45, 2.75) is 31.0 Å². The summed E-state index contributed by atoms with van der Waals surface area (Å²) in [6, 6.07) is 5.51. The van der Waals surface area contributed by atoms with Crippen LogP contribution >= 0.6 is 0 Å². The lowest BCUT2D eigenvalue weighted by atomic mass is 10.3. The average Bonchev–Trinajstić information content (AvgIpc) is 2.61. The summed E-state index contributed by atoms with van der Waals surface area (Å²) >= 11 is 0.